The van der Waals surface area contributed by atoms with Gasteiger partial charge in [-0.25, -0.2) is 4.79 Å². The maximum Gasteiger partial charge on any atom is 0.407 e. The predicted molar refractivity (Wildman–Crippen MR) is 124 cm³/mol. The highest BCUT2D eigenvalue weighted by Gasteiger charge is 2.56. The number of ether oxygens (including phenoxy) is 1. The Balaban J connectivity index is 1.58. The summed E-state index contributed by atoms with van der Waals surface area (Å²) in [4.78, 5) is 29.8. The Bertz CT molecular complexity index is 856. The van der Waals surface area contributed by atoms with Crippen molar-refractivity contribution in [3.8, 4) is 0 Å². The summed E-state index contributed by atoms with van der Waals surface area (Å²) in [6, 6.07) is 5.83. The molecule has 0 radical (unpaired) electrons. The Labute approximate surface area is 199 Å². The molecular weight excluding hydrogens is 453 g/mol. The van der Waals surface area contributed by atoms with E-state index in [0.29, 0.717) is 29.2 Å². The topological polar surface area (TPSA) is 82.1 Å². The van der Waals surface area contributed by atoms with Crippen LogP contribution < -0.4 is 5.32 Å². The lowest BCUT2D eigenvalue weighted by molar-refractivity contribution is -0.135. The van der Waals surface area contributed by atoms with E-state index in [1.54, 1.807) is 12.1 Å². The van der Waals surface area contributed by atoms with Gasteiger partial charge >= 0.3 is 6.09 Å². The summed E-state index contributed by atoms with van der Waals surface area (Å²) in [5.74, 6) is -0.493. The van der Waals surface area contributed by atoms with Crippen LogP contribution in [0.5, 0.6) is 0 Å². The molecule has 0 unspecified atom stereocenters. The van der Waals surface area contributed by atoms with Gasteiger partial charge in [0.05, 0.1) is 10.0 Å². The minimum absolute atomic E-state index is 0.00935. The Morgan fingerprint density at radius 2 is 1.84 bits per heavy atom. The van der Waals surface area contributed by atoms with Crippen molar-refractivity contribution >= 4 is 35.1 Å². The summed E-state index contributed by atoms with van der Waals surface area (Å²) >= 11 is 12.4. The van der Waals surface area contributed by atoms with Crippen LogP contribution in [-0.4, -0.2) is 84.8 Å². The highest BCUT2D eigenvalue weighted by atomic mass is 35.5. The van der Waals surface area contributed by atoms with Crippen LogP contribution in [0.3, 0.4) is 0 Å². The maximum absolute atomic E-state index is 14.0. The molecule has 3 aliphatic heterocycles. The van der Waals surface area contributed by atoms with E-state index in [0.717, 1.165) is 57.6 Å². The van der Waals surface area contributed by atoms with Gasteiger partial charge in [-0.2, -0.15) is 0 Å². The number of amides is 1. The van der Waals surface area contributed by atoms with Crippen molar-refractivity contribution in [2.45, 2.75) is 43.2 Å². The Morgan fingerprint density at radius 3 is 2.47 bits per heavy atom. The van der Waals surface area contributed by atoms with Crippen LogP contribution in [0.2, 0.25) is 10.0 Å². The van der Waals surface area contributed by atoms with Crippen LogP contribution in [0.15, 0.2) is 18.2 Å². The number of nitrogens with zero attached hydrogens (tertiary/aromatic N) is 2. The second-order valence-corrected chi connectivity index (χ2v) is 9.96. The second-order valence-electron chi connectivity index (χ2n) is 9.14. The molecule has 0 aromatic heterocycles. The third kappa shape index (κ3) is 4.38. The van der Waals surface area contributed by atoms with Crippen molar-refractivity contribution in [3.63, 3.8) is 0 Å². The van der Waals surface area contributed by atoms with Gasteiger partial charge in [0, 0.05) is 51.2 Å². The average Bonchev–Trinajstić information content (AvgIpc) is 3.26. The normalized spacial score (nSPS) is 28.0. The number of hydrogen-bond acceptors (Lipinski definition) is 5. The number of nitrogens with one attached hydrogen (secondary N) is 1. The summed E-state index contributed by atoms with van der Waals surface area (Å²) in [5, 5.41) is 14.0. The van der Waals surface area contributed by atoms with E-state index in [2.05, 4.69) is 10.2 Å². The predicted octanol–water partition coefficient (Wildman–Crippen LogP) is 3.49. The van der Waals surface area contributed by atoms with Gasteiger partial charge in [0.25, 0.3) is 0 Å². The molecule has 1 aromatic rings. The fourth-order valence-corrected chi connectivity index (χ4v) is 6.01. The SMILES string of the molecule is CN(C(=O)O)[C@@]1(C(=O)C2CCN(C3CCOCC3)CC2)CNC[C@@H]1c1ccc(Cl)c(Cl)c1. The highest BCUT2D eigenvalue weighted by molar-refractivity contribution is 6.42. The zero-order valence-electron chi connectivity index (χ0n) is 18.4. The van der Waals surface area contributed by atoms with Crippen LogP contribution >= 0.6 is 23.2 Å². The van der Waals surface area contributed by atoms with Gasteiger partial charge in [0.1, 0.15) is 5.54 Å². The number of Topliss-reactive ketones (excluding diaryl/α,β-unsaturated/α-hetero) is 1. The number of hydrogen-bond donors (Lipinski definition) is 2. The molecule has 3 saturated heterocycles. The molecule has 7 nitrogen and oxygen atoms in total. The van der Waals surface area contributed by atoms with Crippen LogP contribution in [0.4, 0.5) is 4.79 Å². The number of likely N-dealkylation sites (tertiary alicyclic amines) is 1. The molecule has 1 aromatic carbocycles. The van der Waals surface area contributed by atoms with E-state index >= 15 is 0 Å². The lowest BCUT2D eigenvalue weighted by Gasteiger charge is -2.44. The molecule has 0 bridgehead atoms. The zero-order chi connectivity index (χ0) is 22.9. The van der Waals surface area contributed by atoms with Crippen molar-refractivity contribution in [2.75, 3.05) is 46.4 Å². The number of carbonyl (C=O) groups excluding carboxylic acids is 1. The summed E-state index contributed by atoms with van der Waals surface area (Å²) in [7, 11) is 1.51. The Morgan fingerprint density at radius 1 is 1.16 bits per heavy atom. The van der Waals surface area contributed by atoms with Crippen molar-refractivity contribution in [2.24, 2.45) is 5.92 Å². The molecule has 4 rings (SSSR count). The molecule has 1 amide bonds. The standard InChI is InChI=1S/C23H31Cl2N3O4/c1-27(22(30)31)23(14-26-13-18(23)16-2-3-19(24)20(25)12-16)21(29)15-4-8-28(9-5-15)17-6-10-32-11-7-17/h2-3,12,15,17-18,26H,4-11,13-14H2,1H3,(H,30,31)/t18-,23+/m1/s1. The van der Waals surface area contributed by atoms with Gasteiger partial charge in [-0.15, -0.1) is 0 Å². The maximum atomic E-state index is 14.0. The van der Waals surface area contributed by atoms with Gasteiger partial charge in [-0.1, -0.05) is 29.3 Å². The summed E-state index contributed by atoms with van der Waals surface area (Å²) in [6.45, 7) is 4.11. The van der Waals surface area contributed by atoms with Crippen molar-refractivity contribution in [3.05, 3.63) is 33.8 Å². The van der Waals surface area contributed by atoms with Gasteiger partial charge in [0.15, 0.2) is 5.78 Å². The molecule has 176 valence electrons. The average molecular weight is 484 g/mol. The van der Waals surface area contributed by atoms with E-state index in [4.69, 9.17) is 27.9 Å². The van der Waals surface area contributed by atoms with E-state index in [1.165, 1.54) is 11.9 Å². The van der Waals surface area contributed by atoms with Gasteiger partial charge in [-0.3, -0.25) is 9.69 Å². The van der Waals surface area contributed by atoms with Crippen LogP contribution in [0, 0.1) is 5.92 Å². The first-order chi connectivity index (χ1) is 15.3. The minimum Gasteiger partial charge on any atom is -0.465 e. The molecule has 32 heavy (non-hydrogen) atoms. The molecule has 0 saturated carbocycles. The van der Waals surface area contributed by atoms with E-state index in [9.17, 15) is 14.7 Å². The highest BCUT2D eigenvalue weighted by Crippen LogP contribution is 2.42. The first-order valence-corrected chi connectivity index (χ1v) is 12.1. The molecule has 9 heteroatoms. The molecule has 2 N–H and O–H groups in total. The number of benzene rings is 1. The Hall–Kier alpha value is -1.38. The molecular formula is C23H31Cl2N3O4. The summed E-state index contributed by atoms with van der Waals surface area (Å²) in [6.07, 6.45) is 2.46. The number of rotatable bonds is 5. The first-order valence-electron chi connectivity index (χ1n) is 11.3. The van der Waals surface area contributed by atoms with Crippen molar-refractivity contribution in [1.82, 2.24) is 15.1 Å². The number of likely N-dealkylation sites (N-methyl/N-ethyl adjacent to an activating group) is 1. The third-order valence-electron chi connectivity index (χ3n) is 7.59. The van der Waals surface area contributed by atoms with Gasteiger partial charge < -0.3 is 20.1 Å². The minimum atomic E-state index is -1.17. The smallest absolute Gasteiger partial charge is 0.407 e. The number of piperidine rings is 1. The van der Waals surface area contributed by atoms with Crippen molar-refractivity contribution in [1.29, 1.82) is 0 Å². The summed E-state index contributed by atoms with van der Waals surface area (Å²) in [5.41, 5.74) is -0.348. The molecule has 0 spiro atoms. The quantitative estimate of drug-likeness (QED) is 0.666. The molecule has 3 fully saturated rings. The largest absolute Gasteiger partial charge is 0.465 e. The zero-order valence-corrected chi connectivity index (χ0v) is 19.9. The van der Waals surface area contributed by atoms with Gasteiger partial charge in [0.2, 0.25) is 0 Å². The van der Waals surface area contributed by atoms with Crippen LogP contribution in [-0.2, 0) is 9.53 Å². The molecule has 0 aliphatic carbocycles. The van der Waals surface area contributed by atoms with E-state index in [-0.39, 0.29) is 17.6 Å². The van der Waals surface area contributed by atoms with Gasteiger partial charge in [-0.05, 0) is 56.5 Å². The van der Waals surface area contributed by atoms with E-state index in [1.807, 2.05) is 6.07 Å². The molecule has 3 aliphatic rings. The number of carboxylic acid groups (broad SMARTS) is 1. The number of ketones is 1. The molecule has 3 heterocycles. The summed E-state index contributed by atoms with van der Waals surface area (Å²) < 4.78 is 5.48. The lowest BCUT2D eigenvalue weighted by Crippen LogP contribution is -2.62. The fraction of sp³-hybridized carbons (Fsp3) is 0.652. The van der Waals surface area contributed by atoms with Crippen LogP contribution in [0.1, 0.15) is 37.2 Å². The molecule has 2 atom stereocenters. The second kappa shape index (κ2) is 9.85. The van der Waals surface area contributed by atoms with E-state index < -0.39 is 11.6 Å². The number of carbonyl (C=O) groups is 2. The Kier molecular flexibility index (Phi) is 7.32. The fourth-order valence-electron chi connectivity index (χ4n) is 5.70. The monoisotopic (exact) mass is 483 g/mol. The third-order valence-corrected chi connectivity index (χ3v) is 8.32. The number of halogens is 2. The van der Waals surface area contributed by atoms with Crippen LogP contribution in [0.25, 0.3) is 0 Å². The lowest BCUT2D eigenvalue weighted by atomic mass is 9.72. The first kappa shape index (κ1) is 23.8. The van der Waals surface area contributed by atoms with Crippen molar-refractivity contribution < 1.29 is 19.4 Å².